The summed E-state index contributed by atoms with van der Waals surface area (Å²) in [6.07, 6.45) is 0. The van der Waals surface area contributed by atoms with Crippen LogP contribution < -0.4 is 0 Å². The average Bonchev–Trinajstić information content (AvgIpc) is 2.86. The average molecular weight is 326 g/mol. The van der Waals surface area contributed by atoms with E-state index in [1.807, 2.05) is 74.5 Å². The third-order valence-electron chi connectivity index (χ3n) is 5.07. The number of fused-ring (bicyclic) bond motifs is 1. The topological polar surface area (TPSA) is 34.1 Å². The highest BCUT2D eigenvalue weighted by molar-refractivity contribution is 6.35. The van der Waals surface area contributed by atoms with E-state index in [0.29, 0.717) is 11.1 Å². The second-order valence-corrected chi connectivity index (χ2v) is 6.69. The Morgan fingerprint density at radius 3 is 1.28 bits per heavy atom. The van der Waals surface area contributed by atoms with Crippen LogP contribution in [0, 0.1) is 13.8 Å². The SMILES string of the molecule is Cc1ccc(C2(c3ccc(C)cc3)C(=O)c3ccccc3C2=O)cc1. The van der Waals surface area contributed by atoms with Gasteiger partial charge in [0.1, 0.15) is 5.41 Å². The highest BCUT2D eigenvalue weighted by Crippen LogP contribution is 2.44. The molecule has 0 saturated carbocycles. The predicted octanol–water partition coefficient (Wildman–Crippen LogP) is 4.67. The molecule has 0 radical (unpaired) electrons. The third-order valence-corrected chi connectivity index (χ3v) is 5.07. The fourth-order valence-corrected chi connectivity index (χ4v) is 3.68. The van der Waals surface area contributed by atoms with Crippen LogP contribution in [0.3, 0.4) is 0 Å². The second-order valence-electron chi connectivity index (χ2n) is 6.69. The Balaban J connectivity index is 2.04. The molecule has 0 bridgehead atoms. The first-order valence-electron chi connectivity index (χ1n) is 8.38. The van der Waals surface area contributed by atoms with Crippen molar-refractivity contribution in [1.29, 1.82) is 0 Å². The van der Waals surface area contributed by atoms with E-state index in [2.05, 4.69) is 0 Å². The van der Waals surface area contributed by atoms with E-state index in [1.54, 1.807) is 12.1 Å². The maximum Gasteiger partial charge on any atom is 0.186 e. The van der Waals surface area contributed by atoms with Gasteiger partial charge in [-0.2, -0.15) is 0 Å². The van der Waals surface area contributed by atoms with Crippen LogP contribution in [0.5, 0.6) is 0 Å². The summed E-state index contributed by atoms with van der Waals surface area (Å²) in [5.41, 5.74) is 3.38. The lowest BCUT2D eigenvalue weighted by atomic mass is 9.70. The van der Waals surface area contributed by atoms with Gasteiger partial charge in [0.05, 0.1) is 0 Å². The van der Waals surface area contributed by atoms with Crippen LogP contribution in [0.15, 0.2) is 72.8 Å². The lowest BCUT2D eigenvalue weighted by molar-refractivity contribution is 0.0829. The van der Waals surface area contributed by atoms with Crippen molar-refractivity contribution in [2.45, 2.75) is 19.3 Å². The van der Waals surface area contributed by atoms with Crippen LogP contribution >= 0.6 is 0 Å². The van der Waals surface area contributed by atoms with E-state index in [1.165, 1.54) is 0 Å². The van der Waals surface area contributed by atoms with Gasteiger partial charge < -0.3 is 0 Å². The smallest absolute Gasteiger partial charge is 0.186 e. The van der Waals surface area contributed by atoms with E-state index in [0.717, 1.165) is 22.3 Å². The number of aryl methyl sites for hydroxylation is 2. The Kier molecular flexibility index (Phi) is 3.43. The predicted molar refractivity (Wildman–Crippen MR) is 98.2 cm³/mol. The van der Waals surface area contributed by atoms with Gasteiger partial charge in [-0.1, -0.05) is 83.9 Å². The van der Waals surface area contributed by atoms with Crippen LogP contribution in [-0.4, -0.2) is 11.6 Å². The van der Waals surface area contributed by atoms with Crippen molar-refractivity contribution in [3.63, 3.8) is 0 Å². The van der Waals surface area contributed by atoms with Crippen molar-refractivity contribution in [2.75, 3.05) is 0 Å². The molecule has 0 atom stereocenters. The van der Waals surface area contributed by atoms with Crippen molar-refractivity contribution in [3.8, 4) is 0 Å². The van der Waals surface area contributed by atoms with Gasteiger partial charge in [0.2, 0.25) is 0 Å². The van der Waals surface area contributed by atoms with E-state index < -0.39 is 5.41 Å². The monoisotopic (exact) mass is 326 g/mol. The fourth-order valence-electron chi connectivity index (χ4n) is 3.68. The van der Waals surface area contributed by atoms with Crippen molar-refractivity contribution < 1.29 is 9.59 Å². The van der Waals surface area contributed by atoms with Crippen molar-refractivity contribution >= 4 is 11.6 Å². The van der Waals surface area contributed by atoms with E-state index in [4.69, 9.17) is 0 Å². The molecule has 0 fully saturated rings. The Bertz CT molecular complexity index is 897. The summed E-state index contributed by atoms with van der Waals surface area (Å²) in [5, 5.41) is 0. The van der Waals surface area contributed by atoms with Gasteiger partial charge in [-0.3, -0.25) is 9.59 Å². The maximum atomic E-state index is 13.5. The Morgan fingerprint density at radius 1 is 0.560 bits per heavy atom. The molecular formula is C23H18O2. The molecule has 0 aromatic heterocycles. The lowest BCUT2D eigenvalue weighted by Crippen LogP contribution is -2.39. The van der Waals surface area contributed by atoms with Gasteiger partial charge in [0.25, 0.3) is 0 Å². The number of carbonyl (C=O) groups is 2. The molecule has 0 heterocycles. The third kappa shape index (κ3) is 2.11. The summed E-state index contributed by atoms with van der Waals surface area (Å²) in [7, 11) is 0. The molecule has 0 aliphatic heterocycles. The first kappa shape index (κ1) is 15.5. The standard InChI is InChI=1S/C23H18O2/c1-15-7-11-17(12-8-15)23(18-13-9-16(2)10-14-18)21(24)19-5-3-4-6-20(19)22(23)25/h3-14H,1-2H3. The largest absolute Gasteiger partial charge is 0.292 e. The van der Waals surface area contributed by atoms with Gasteiger partial charge in [0, 0.05) is 11.1 Å². The molecule has 2 nitrogen and oxygen atoms in total. The van der Waals surface area contributed by atoms with Crippen molar-refractivity contribution in [1.82, 2.24) is 0 Å². The minimum Gasteiger partial charge on any atom is -0.292 e. The quantitative estimate of drug-likeness (QED) is 0.641. The summed E-state index contributed by atoms with van der Waals surface area (Å²) in [5.74, 6) is -0.276. The number of benzene rings is 3. The molecule has 1 aliphatic rings. The normalized spacial score (nSPS) is 15.3. The number of Topliss-reactive ketones (excluding diaryl/α,β-unsaturated/α-hetero) is 2. The van der Waals surface area contributed by atoms with Gasteiger partial charge in [-0.15, -0.1) is 0 Å². The molecule has 1 aliphatic carbocycles. The molecule has 122 valence electrons. The summed E-state index contributed by atoms with van der Waals surface area (Å²) in [6.45, 7) is 3.99. The van der Waals surface area contributed by atoms with Crippen LogP contribution in [0.25, 0.3) is 0 Å². The number of hydrogen-bond donors (Lipinski definition) is 0. The Labute approximate surface area is 147 Å². The van der Waals surface area contributed by atoms with Crippen molar-refractivity contribution in [2.24, 2.45) is 0 Å². The number of hydrogen-bond acceptors (Lipinski definition) is 2. The van der Waals surface area contributed by atoms with E-state index in [9.17, 15) is 9.59 Å². The summed E-state index contributed by atoms with van der Waals surface area (Å²) in [6, 6.07) is 22.5. The van der Waals surface area contributed by atoms with E-state index >= 15 is 0 Å². The molecule has 0 amide bonds. The van der Waals surface area contributed by atoms with Gasteiger partial charge in [-0.25, -0.2) is 0 Å². The molecule has 0 N–H and O–H groups in total. The van der Waals surface area contributed by atoms with Crippen molar-refractivity contribution in [3.05, 3.63) is 106 Å². The fraction of sp³-hybridized carbons (Fsp3) is 0.130. The molecule has 4 rings (SSSR count). The molecule has 25 heavy (non-hydrogen) atoms. The molecule has 2 heteroatoms. The summed E-state index contributed by atoms with van der Waals surface area (Å²) in [4.78, 5) is 27.0. The highest BCUT2D eigenvalue weighted by Gasteiger charge is 2.55. The maximum absolute atomic E-state index is 13.5. The minimum atomic E-state index is -1.29. The molecule has 3 aromatic rings. The Morgan fingerprint density at radius 2 is 0.920 bits per heavy atom. The number of rotatable bonds is 2. The van der Waals surface area contributed by atoms with Crippen LogP contribution in [0.4, 0.5) is 0 Å². The minimum absolute atomic E-state index is 0.138. The van der Waals surface area contributed by atoms with Gasteiger partial charge >= 0.3 is 0 Å². The number of ketones is 2. The lowest BCUT2D eigenvalue weighted by Gasteiger charge is -2.27. The zero-order valence-electron chi connectivity index (χ0n) is 14.2. The van der Waals surface area contributed by atoms with Crippen LogP contribution in [-0.2, 0) is 5.41 Å². The second kappa shape index (κ2) is 5.52. The van der Waals surface area contributed by atoms with Gasteiger partial charge in [0.15, 0.2) is 11.6 Å². The first-order valence-corrected chi connectivity index (χ1v) is 8.38. The summed E-state index contributed by atoms with van der Waals surface area (Å²) >= 11 is 0. The number of carbonyl (C=O) groups excluding carboxylic acids is 2. The highest BCUT2D eigenvalue weighted by atomic mass is 16.2. The summed E-state index contributed by atoms with van der Waals surface area (Å²) < 4.78 is 0. The molecule has 3 aromatic carbocycles. The zero-order valence-corrected chi connectivity index (χ0v) is 14.2. The van der Waals surface area contributed by atoms with Crippen LogP contribution in [0.2, 0.25) is 0 Å². The molecule has 0 spiro atoms. The molecule has 0 unspecified atom stereocenters. The van der Waals surface area contributed by atoms with Crippen LogP contribution in [0.1, 0.15) is 43.0 Å². The van der Waals surface area contributed by atoms with E-state index in [-0.39, 0.29) is 11.6 Å². The Hall–Kier alpha value is -3.00. The molecular weight excluding hydrogens is 308 g/mol. The molecule has 0 saturated heterocycles. The van der Waals surface area contributed by atoms with Gasteiger partial charge in [-0.05, 0) is 25.0 Å². The first-order chi connectivity index (χ1) is 12.0. The zero-order chi connectivity index (χ0) is 17.6.